The van der Waals surface area contributed by atoms with Gasteiger partial charge >= 0.3 is 0 Å². The lowest BCUT2D eigenvalue weighted by Gasteiger charge is -2.07. The van der Waals surface area contributed by atoms with E-state index in [1.54, 1.807) is 6.20 Å². The Balaban J connectivity index is 1.74. The normalized spacial score (nSPS) is 10.1. The molecular weight excluding hydrogens is 252 g/mol. The maximum Gasteiger partial charge on any atom is 0.258 e. The summed E-state index contributed by atoms with van der Waals surface area (Å²) in [4.78, 5) is 15.8. The number of ether oxygens (including phenoxy) is 1. The summed E-state index contributed by atoms with van der Waals surface area (Å²) in [5.41, 5.74) is 2.07. The van der Waals surface area contributed by atoms with E-state index in [9.17, 15) is 4.79 Å². The van der Waals surface area contributed by atoms with Gasteiger partial charge in [0.1, 0.15) is 5.75 Å². The molecule has 0 radical (unpaired) electrons. The van der Waals surface area contributed by atoms with Crippen molar-refractivity contribution in [3.05, 3.63) is 59.9 Å². The SMILES string of the molecule is CCc1ccc(OCC(=O)NCc2ccccn2)cc1. The summed E-state index contributed by atoms with van der Waals surface area (Å²) < 4.78 is 5.42. The third kappa shape index (κ3) is 4.39. The molecule has 0 spiro atoms. The highest BCUT2D eigenvalue weighted by atomic mass is 16.5. The zero-order valence-electron chi connectivity index (χ0n) is 11.5. The minimum absolute atomic E-state index is 0.0122. The second kappa shape index (κ2) is 7.28. The number of aryl methyl sites for hydroxylation is 1. The number of amides is 1. The summed E-state index contributed by atoms with van der Waals surface area (Å²) in [6.07, 6.45) is 2.69. The van der Waals surface area contributed by atoms with Crippen molar-refractivity contribution < 1.29 is 9.53 Å². The molecule has 0 fully saturated rings. The molecule has 2 rings (SSSR count). The highest BCUT2D eigenvalue weighted by Crippen LogP contribution is 2.12. The summed E-state index contributed by atoms with van der Waals surface area (Å²) in [7, 11) is 0. The summed E-state index contributed by atoms with van der Waals surface area (Å²) in [6.45, 7) is 2.52. The van der Waals surface area contributed by atoms with Crippen molar-refractivity contribution in [1.29, 1.82) is 0 Å². The van der Waals surface area contributed by atoms with Crippen LogP contribution in [0.5, 0.6) is 5.75 Å². The van der Waals surface area contributed by atoms with Crippen molar-refractivity contribution in [3.8, 4) is 5.75 Å². The molecule has 1 amide bonds. The van der Waals surface area contributed by atoms with E-state index in [1.165, 1.54) is 5.56 Å². The van der Waals surface area contributed by atoms with Crippen LogP contribution in [0.15, 0.2) is 48.7 Å². The Hall–Kier alpha value is -2.36. The van der Waals surface area contributed by atoms with Crippen molar-refractivity contribution in [2.75, 3.05) is 6.61 Å². The molecule has 20 heavy (non-hydrogen) atoms. The van der Waals surface area contributed by atoms with Gasteiger partial charge in [0.2, 0.25) is 0 Å². The molecule has 1 aromatic heterocycles. The molecule has 4 nitrogen and oxygen atoms in total. The Kier molecular flexibility index (Phi) is 5.12. The molecular formula is C16H18N2O2. The number of hydrogen-bond donors (Lipinski definition) is 1. The van der Waals surface area contributed by atoms with Gasteiger partial charge in [0.15, 0.2) is 6.61 Å². The van der Waals surface area contributed by atoms with Gasteiger partial charge < -0.3 is 10.1 Å². The van der Waals surface area contributed by atoms with E-state index < -0.39 is 0 Å². The van der Waals surface area contributed by atoms with Crippen LogP contribution in [-0.4, -0.2) is 17.5 Å². The third-order valence-corrected chi connectivity index (χ3v) is 2.89. The number of nitrogens with zero attached hydrogens (tertiary/aromatic N) is 1. The van der Waals surface area contributed by atoms with Crippen LogP contribution in [0.4, 0.5) is 0 Å². The fourth-order valence-corrected chi connectivity index (χ4v) is 1.71. The summed E-state index contributed by atoms with van der Waals surface area (Å²) in [5, 5.41) is 2.77. The van der Waals surface area contributed by atoms with Gasteiger partial charge in [-0.3, -0.25) is 9.78 Å². The van der Waals surface area contributed by atoms with Crippen LogP contribution in [0.25, 0.3) is 0 Å². The highest BCUT2D eigenvalue weighted by molar-refractivity contribution is 5.77. The molecule has 0 aliphatic rings. The molecule has 0 saturated heterocycles. The molecule has 0 atom stereocenters. The maximum absolute atomic E-state index is 11.6. The van der Waals surface area contributed by atoms with E-state index in [0.717, 1.165) is 12.1 Å². The van der Waals surface area contributed by atoms with Crippen molar-refractivity contribution in [3.63, 3.8) is 0 Å². The second-order valence-corrected chi connectivity index (χ2v) is 4.38. The van der Waals surface area contributed by atoms with Crippen LogP contribution < -0.4 is 10.1 Å². The minimum Gasteiger partial charge on any atom is -0.484 e. The molecule has 4 heteroatoms. The number of hydrogen-bond acceptors (Lipinski definition) is 3. The zero-order chi connectivity index (χ0) is 14.2. The van der Waals surface area contributed by atoms with Gasteiger partial charge in [0.05, 0.1) is 12.2 Å². The summed E-state index contributed by atoms with van der Waals surface area (Å²) in [6, 6.07) is 13.4. The van der Waals surface area contributed by atoms with Gasteiger partial charge in [0, 0.05) is 6.20 Å². The van der Waals surface area contributed by atoms with E-state index in [0.29, 0.717) is 12.3 Å². The van der Waals surface area contributed by atoms with Gasteiger partial charge in [-0.25, -0.2) is 0 Å². The van der Waals surface area contributed by atoms with E-state index in [2.05, 4.69) is 17.2 Å². The second-order valence-electron chi connectivity index (χ2n) is 4.38. The standard InChI is InChI=1S/C16H18N2O2/c1-2-13-6-8-15(9-7-13)20-12-16(19)18-11-14-5-3-4-10-17-14/h3-10H,2,11-12H2,1H3,(H,18,19). The molecule has 1 N–H and O–H groups in total. The van der Waals surface area contributed by atoms with Crippen molar-refractivity contribution in [2.45, 2.75) is 19.9 Å². The minimum atomic E-state index is -0.157. The highest BCUT2D eigenvalue weighted by Gasteiger charge is 2.03. The number of aromatic nitrogens is 1. The first kappa shape index (κ1) is 14.1. The average Bonchev–Trinajstić information content (AvgIpc) is 2.52. The molecule has 0 aliphatic carbocycles. The quantitative estimate of drug-likeness (QED) is 0.876. The first-order valence-electron chi connectivity index (χ1n) is 6.66. The lowest BCUT2D eigenvalue weighted by Crippen LogP contribution is -2.28. The van der Waals surface area contributed by atoms with Crippen LogP contribution in [-0.2, 0) is 17.8 Å². The molecule has 0 bridgehead atoms. The monoisotopic (exact) mass is 270 g/mol. The summed E-state index contributed by atoms with van der Waals surface area (Å²) in [5.74, 6) is 0.547. The van der Waals surface area contributed by atoms with Crippen molar-refractivity contribution in [2.24, 2.45) is 0 Å². The maximum atomic E-state index is 11.6. The van der Waals surface area contributed by atoms with Gasteiger partial charge in [-0.15, -0.1) is 0 Å². The lowest BCUT2D eigenvalue weighted by atomic mass is 10.2. The van der Waals surface area contributed by atoms with Crippen LogP contribution >= 0.6 is 0 Å². The first-order valence-corrected chi connectivity index (χ1v) is 6.66. The van der Waals surface area contributed by atoms with E-state index in [1.807, 2.05) is 42.5 Å². The topological polar surface area (TPSA) is 51.2 Å². The largest absolute Gasteiger partial charge is 0.484 e. The molecule has 2 aromatic rings. The van der Waals surface area contributed by atoms with E-state index >= 15 is 0 Å². The summed E-state index contributed by atoms with van der Waals surface area (Å²) >= 11 is 0. The predicted molar refractivity (Wildman–Crippen MR) is 77.4 cm³/mol. The lowest BCUT2D eigenvalue weighted by molar-refractivity contribution is -0.123. The van der Waals surface area contributed by atoms with Crippen LogP contribution in [0.3, 0.4) is 0 Å². The number of carbonyl (C=O) groups excluding carboxylic acids is 1. The van der Waals surface area contributed by atoms with Gasteiger partial charge in [-0.1, -0.05) is 25.1 Å². The van der Waals surface area contributed by atoms with Crippen LogP contribution in [0, 0.1) is 0 Å². The Morgan fingerprint density at radius 1 is 1.20 bits per heavy atom. The van der Waals surface area contributed by atoms with Crippen LogP contribution in [0.1, 0.15) is 18.2 Å². The van der Waals surface area contributed by atoms with Crippen molar-refractivity contribution in [1.82, 2.24) is 10.3 Å². The molecule has 1 heterocycles. The fourth-order valence-electron chi connectivity index (χ4n) is 1.71. The third-order valence-electron chi connectivity index (χ3n) is 2.89. The van der Waals surface area contributed by atoms with Crippen molar-refractivity contribution >= 4 is 5.91 Å². The predicted octanol–water partition coefficient (Wildman–Crippen LogP) is 2.34. The Bertz CT molecular complexity index is 538. The molecule has 1 aromatic carbocycles. The Labute approximate surface area is 118 Å². The smallest absolute Gasteiger partial charge is 0.258 e. The van der Waals surface area contributed by atoms with Gasteiger partial charge in [-0.05, 0) is 36.2 Å². The molecule has 0 aliphatic heterocycles. The average molecular weight is 270 g/mol. The molecule has 0 saturated carbocycles. The zero-order valence-corrected chi connectivity index (χ0v) is 11.5. The number of benzene rings is 1. The number of pyridine rings is 1. The Morgan fingerprint density at radius 3 is 2.65 bits per heavy atom. The Morgan fingerprint density at radius 2 is 2.00 bits per heavy atom. The van der Waals surface area contributed by atoms with E-state index in [4.69, 9.17) is 4.74 Å². The number of rotatable bonds is 6. The van der Waals surface area contributed by atoms with Gasteiger partial charge in [0.25, 0.3) is 5.91 Å². The fraction of sp³-hybridized carbons (Fsp3) is 0.250. The molecule has 104 valence electrons. The van der Waals surface area contributed by atoms with Crippen LogP contribution in [0.2, 0.25) is 0 Å². The first-order chi connectivity index (χ1) is 9.78. The molecule has 0 unspecified atom stereocenters. The number of carbonyl (C=O) groups is 1. The van der Waals surface area contributed by atoms with Gasteiger partial charge in [-0.2, -0.15) is 0 Å². The van der Waals surface area contributed by atoms with E-state index in [-0.39, 0.29) is 12.5 Å². The number of nitrogens with one attached hydrogen (secondary N) is 1.